The molecule has 39 heavy (non-hydrogen) atoms. The van der Waals surface area contributed by atoms with Crippen molar-refractivity contribution in [2.75, 3.05) is 10.8 Å². The third-order valence-electron chi connectivity index (χ3n) is 6.17. The number of sulfonamides is 1. The molecule has 0 aliphatic rings. The predicted octanol–water partition coefficient (Wildman–Crippen LogP) is 4.97. The number of nitrogens with one attached hydrogen (secondary N) is 1. The third kappa shape index (κ3) is 7.66. The summed E-state index contributed by atoms with van der Waals surface area (Å²) in [7, 11) is -4.16. The van der Waals surface area contributed by atoms with Crippen LogP contribution in [0, 0.1) is 19.7 Å². The van der Waals surface area contributed by atoms with Gasteiger partial charge >= 0.3 is 0 Å². The summed E-state index contributed by atoms with van der Waals surface area (Å²) in [6.45, 7) is 9.92. The normalized spacial score (nSPS) is 12.5. The Morgan fingerprint density at radius 3 is 1.97 bits per heavy atom. The molecule has 0 heterocycles. The van der Waals surface area contributed by atoms with E-state index in [1.54, 1.807) is 49.4 Å². The molecule has 0 bridgehead atoms. The van der Waals surface area contributed by atoms with Crippen LogP contribution < -0.4 is 9.62 Å². The van der Waals surface area contributed by atoms with Crippen molar-refractivity contribution in [2.24, 2.45) is 0 Å². The number of anilines is 1. The topological polar surface area (TPSA) is 86.8 Å². The number of halogens is 1. The lowest BCUT2D eigenvalue weighted by atomic mass is 10.1. The van der Waals surface area contributed by atoms with Crippen LogP contribution in [0.1, 0.15) is 44.4 Å². The summed E-state index contributed by atoms with van der Waals surface area (Å²) in [5.41, 5.74) is 1.76. The van der Waals surface area contributed by atoms with E-state index in [2.05, 4.69) is 5.32 Å². The molecule has 0 aromatic heterocycles. The fraction of sp³-hybridized carbons (Fsp3) is 0.333. The summed E-state index contributed by atoms with van der Waals surface area (Å²) in [5.74, 6) is -1.61. The molecule has 0 aliphatic heterocycles. The number of benzene rings is 3. The zero-order chi connectivity index (χ0) is 29.0. The maximum Gasteiger partial charge on any atom is 0.264 e. The van der Waals surface area contributed by atoms with Gasteiger partial charge in [0.15, 0.2) is 0 Å². The van der Waals surface area contributed by atoms with Gasteiger partial charge in [0.05, 0.1) is 10.6 Å². The zero-order valence-corrected chi connectivity index (χ0v) is 24.0. The molecule has 0 aliphatic carbocycles. The molecule has 1 N–H and O–H groups in total. The quantitative estimate of drug-likeness (QED) is 0.405. The van der Waals surface area contributed by atoms with Crippen molar-refractivity contribution in [3.05, 3.63) is 95.3 Å². The van der Waals surface area contributed by atoms with Crippen molar-refractivity contribution in [1.82, 2.24) is 10.2 Å². The van der Waals surface area contributed by atoms with Gasteiger partial charge in [0.2, 0.25) is 11.8 Å². The second-order valence-electron chi connectivity index (χ2n) is 10.7. The van der Waals surface area contributed by atoms with Crippen LogP contribution in [0.2, 0.25) is 0 Å². The van der Waals surface area contributed by atoms with E-state index in [4.69, 9.17) is 0 Å². The lowest BCUT2D eigenvalue weighted by Gasteiger charge is -2.33. The zero-order valence-electron chi connectivity index (χ0n) is 23.2. The number of nitrogens with zero attached hydrogens (tertiary/aromatic N) is 2. The molecule has 0 saturated heterocycles. The molecule has 1 atom stereocenters. The van der Waals surface area contributed by atoms with E-state index < -0.39 is 45.8 Å². The number of amides is 2. The maximum absolute atomic E-state index is 14.6. The highest BCUT2D eigenvalue weighted by Crippen LogP contribution is 2.25. The standard InChI is InChI=1S/C30H36FN3O4S/c1-21-11-15-25(16-12-21)34(39(37,38)26-17-13-22(2)14-18-26)20-28(35)33(19-24-9-7-8-10-27(24)31)23(3)29(36)32-30(4,5)6/h7-18,23H,19-20H2,1-6H3,(H,32,36)/t23-/m0/s1. The van der Waals surface area contributed by atoms with Crippen molar-refractivity contribution >= 4 is 27.5 Å². The van der Waals surface area contributed by atoms with Crippen LogP contribution in [0.3, 0.4) is 0 Å². The predicted molar refractivity (Wildman–Crippen MR) is 151 cm³/mol. The van der Waals surface area contributed by atoms with Crippen molar-refractivity contribution in [2.45, 2.75) is 64.6 Å². The number of rotatable bonds is 9. The summed E-state index contributed by atoms with van der Waals surface area (Å²) in [5, 5.41) is 2.85. The number of hydrogen-bond donors (Lipinski definition) is 1. The first-order valence-corrected chi connectivity index (χ1v) is 14.1. The van der Waals surface area contributed by atoms with Gasteiger partial charge in [-0.15, -0.1) is 0 Å². The highest BCUT2D eigenvalue weighted by Gasteiger charge is 2.33. The molecule has 0 radical (unpaired) electrons. The van der Waals surface area contributed by atoms with Crippen LogP contribution in [-0.4, -0.2) is 43.3 Å². The van der Waals surface area contributed by atoms with E-state index in [-0.39, 0.29) is 17.0 Å². The van der Waals surface area contributed by atoms with E-state index in [9.17, 15) is 22.4 Å². The maximum atomic E-state index is 14.6. The van der Waals surface area contributed by atoms with Crippen molar-refractivity contribution in [3.8, 4) is 0 Å². The van der Waals surface area contributed by atoms with Gasteiger partial charge in [-0.1, -0.05) is 53.6 Å². The van der Waals surface area contributed by atoms with Crippen molar-refractivity contribution in [3.63, 3.8) is 0 Å². The second kappa shape index (κ2) is 12.0. The molecule has 3 aromatic carbocycles. The van der Waals surface area contributed by atoms with Gasteiger partial charge in [0.25, 0.3) is 10.0 Å². The monoisotopic (exact) mass is 553 g/mol. The van der Waals surface area contributed by atoms with E-state index in [1.807, 2.05) is 34.6 Å². The Bertz CT molecular complexity index is 1420. The van der Waals surface area contributed by atoms with Gasteiger partial charge < -0.3 is 10.2 Å². The Kier molecular flexibility index (Phi) is 9.17. The first kappa shape index (κ1) is 29.8. The number of carbonyl (C=O) groups excluding carboxylic acids is 2. The summed E-state index contributed by atoms with van der Waals surface area (Å²) < 4.78 is 43.3. The van der Waals surface area contributed by atoms with E-state index >= 15 is 0 Å². The smallest absolute Gasteiger partial charge is 0.264 e. The largest absolute Gasteiger partial charge is 0.350 e. The number of carbonyl (C=O) groups is 2. The van der Waals surface area contributed by atoms with Crippen LogP contribution in [-0.2, 0) is 26.2 Å². The van der Waals surface area contributed by atoms with Gasteiger partial charge in [-0.2, -0.15) is 0 Å². The Labute approximate surface area is 230 Å². The van der Waals surface area contributed by atoms with E-state index in [0.29, 0.717) is 5.69 Å². The van der Waals surface area contributed by atoms with Crippen LogP contribution in [0.25, 0.3) is 0 Å². The summed E-state index contributed by atoms with van der Waals surface area (Å²) >= 11 is 0. The third-order valence-corrected chi connectivity index (χ3v) is 7.96. The Morgan fingerprint density at radius 2 is 1.44 bits per heavy atom. The molecule has 0 unspecified atom stereocenters. The highest BCUT2D eigenvalue weighted by atomic mass is 32.2. The van der Waals surface area contributed by atoms with Crippen molar-refractivity contribution in [1.29, 1.82) is 0 Å². The molecule has 3 aromatic rings. The fourth-order valence-corrected chi connectivity index (χ4v) is 5.36. The number of hydrogen-bond acceptors (Lipinski definition) is 4. The molecule has 3 rings (SSSR count). The van der Waals surface area contributed by atoms with Gasteiger partial charge in [-0.3, -0.25) is 13.9 Å². The molecule has 2 amide bonds. The lowest BCUT2D eigenvalue weighted by molar-refractivity contribution is -0.140. The van der Waals surface area contributed by atoms with Crippen LogP contribution in [0.4, 0.5) is 10.1 Å². The molecule has 0 spiro atoms. The number of aryl methyl sites for hydroxylation is 2. The average molecular weight is 554 g/mol. The second-order valence-corrected chi connectivity index (χ2v) is 12.6. The molecule has 0 fully saturated rings. The lowest BCUT2D eigenvalue weighted by Crippen LogP contribution is -2.54. The molecular weight excluding hydrogens is 517 g/mol. The first-order chi connectivity index (χ1) is 18.2. The van der Waals surface area contributed by atoms with Crippen molar-refractivity contribution < 1.29 is 22.4 Å². The van der Waals surface area contributed by atoms with Crippen LogP contribution in [0.5, 0.6) is 0 Å². The molecule has 208 valence electrons. The fourth-order valence-electron chi connectivity index (χ4n) is 3.94. The Balaban J connectivity index is 2.04. The summed E-state index contributed by atoms with van der Waals surface area (Å²) in [6, 6.07) is 18.1. The highest BCUT2D eigenvalue weighted by molar-refractivity contribution is 7.92. The average Bonchev–Trinajstić information content (AvgIpc) is 2.86. The molecular formula is C30H36FN3O4S. The summed E-state index contributed by atoms with van der Waals surface area (Å²) in [6.07, 6.45) is 0. The van der Waals surface area contributed by atoms with Gasteiger partial charge in [0.1, 0.15) is 18.4 Å². The van der Waals surface area contributed by atoms with E-state index in [0.717, 1.165) is 15.4 Å². The SMILES string of the molecule is Cc1ccc(N(CC(=O)N(Cc2ccccc2F)[C@@H](C)C(=O)NC(C)(C)C)S(=O)(=O)c2ccc(C)cc2)cc1. The van der Waals surface area contributed by atoms with Crippen LogP contribution in [0.15, 0.2) is 77.7 Å². The minimum atomic E-state index is -4.16. The first-order valence-electron chi connectivity index (χ1n) is 12.7. The Morgan fingerprint density at radius 1 is 0.897 bits per heavy atom. The molecule has 7 nitrogen and oxygen atoms in total. The van der Waals surface area contributed by atoms with Gasteiger partial charge in [-0.05, 0) is 71.9 Å². The Hall–Kier alpha value is -3.72. The van der Waals surface area contributed by atoms with Gasteiger partial charge in [0, 0.05) is 17.6 Å². The van der Waals surface area contributed by atoms with Crippen LogP contribution >= 0.6 is 0 Å². The molecule has 0 saturated carbocycles. The molecule has 9 heteroatoms. The van der Waals surface area contributed by atoms with E-state index in [1.165, 1.54) is 35.2 Å². The summed E-state index contributed by atoms with van der Waals surface area (Å²) in [4.78, 5) is 28.2. The van der Waals surface area contributed by atoms with Gasteiger partial charge in [-0.25, -0.2) is 12.8 Å². The minimum Gasteiger partial charge on any atom is -0.350 e. The minimum absolute atomic E-state index is 0.0284.